The van der Waals surface area contributed by atoms with Gasteiger partial charge in [0.15, 0.2) is 11.5 Å². The predicted molar refractivity (Wildman–Crippen MR) is 77.0 cm³/mol. The fourth-order valence-electron chi connectivity index (χ4n) is 1.77. The highest BCUT2D eigenvalue weighted by atomic mass is 35.5. The minimum Gasteiger partial charge on any atom is -0.454 e. The first-order valence-corrected chi connectivity index (χ1v) is 6.50. The normalized spacial score (nSPS) is 12.6. The Bertz CT molecular complexity index is 697. The zero-order valence-electron chi connectivity index (χ0n) is 10.8. The van der Waals surface area contributed by atoms with Crippen molar-refractivity contribution < 1.29 is 19.1 Å². The molecule has 0 spiro atoms. The second-order valence-electron chi connectivity index (χ2n) is 4.23. The molecule has 0 aromatic heterocycles. The Balaban J connectivity index is 1.64. The first-order valence-electron chi connectivity index (χ1n) is 6.12. The van der Waals surface area contributed by atoms with E-state index >= 15 is 0 Å². The van der Waals surface area contributed by atoms with Crippen molar-refractivity contribution in [3.05, 3.63) is 58.6 Å². The Morgan fingerprint density at radius 1 is 1.14 bits per heavy atom. The third-order valence-electron chi connectivity index (χ3n) is 2.81. The van der Waals surface area contributed by atoms with Gasteiger partial charge in [0, 0.05) is 10.6 Å². The monoisotopic (exact) mass is 303 g/mol. The molecule has 0 radical (unpaired) electrons. The van der Waals surface area contributed by atoms with Crippen molar-refractivity contribution in [1.29, 1.82) is 0 Å². The Morgan fingerprint density at radius 2 is 1.90 bits per heavy atom. The molecule has 0 unspecified atom stereocenters. The summed E-state index contributed by atoms with van der Waals surface area (Å²) in [6.45, 7) is 0.210. The molecule has 1 heterocycles. The highest BCUT2D eigenvalue weighted by Crippen LogP contribution is 2.31. The van der Waals surface area contributed by atoms with E-state index in [1.54, 1.807) is 42.5 Å². The van der Waals surface area contributed by atoms with E-state index < -0.39 is 5.97 Å². The molecule has 2 aromatic carbocycles. The number of oxime groups is 1. The van der Waals surface area contributed by atoms with Crippen molar-refractivity contribution >= 4 is 23.8 Å². The van der Waals surface area contributed by atoms with E-state index in [2.05, 4.69) is 5.16 Å². The number of carbonyl (C=O) groups is 1. The molecule has 21 heavy (non-hydrogen) atoms. The zero-order chi connectivity index (χ0) is 14.7. The summed E-state index contributed by atoms with van der Waals surface area (Å²) in [5.74, 6) is 0.775. The summed E-state index contributed by atoms with van der Waals surface area (Å²) in [6, 6.07) is 11.7. The fraction of sp³-hybridized carbons (Fsp3) is 0.0667. The quantitative estimate of drug-likeness (QED) is 0.496. The van der Waals surface area contributed by atoms with Crippen molar-refractivity contribution in [2.45, 2.75) is 0 Å². The van der Waals surface area contributed by atoms with Crippen LogP contribution in [0.3, 0.4) is 0 Å². The highest BCUT2D eigenvalue weighted by Gasteiger charge is 2.12. The lowest BCUT2D eigenvalue weighted by molar-refractivity contribution is 0.0519. The van der Waals surface area contributed by atoms with Crippen LogP contribution in [-0.4, -0.2) is 19.0 Å². The van der Waals surface area contributed by atoms with Crippen LogP contribution in [0, 0.1) is 0 Å². The number of nitrogens with zero attached hydrogens (tertiary/aromatic N) is 1. The van der Waals surface area contributed by atoms with Crippen LogP contribution in [0.4, 0.5) is 0 Å². The van der Waals surface area contributed by atoms with Gasteiger partial charge in [-0.3, -0.25) is 0 Å². The van der Waals surface area contributed by atoms with E-state index in [9.17, 15) is 4.79 Å². The molecule has 0 fully saturated rings. The lowest BCUT2D eigenvalue weighted by Gasteiger charge is -1.99. The molecule has 6 heteroatoms. The van der Waals surface area contributed by atoms with Gasteiger partial charge in [-0.15, -0.1) is 0 Å². The van der Waals surface area contributed by atoms with E-state index in [0.29, 0.717) is 22.1 Å². The Labute approximate surface area is 125 Å². The van der Waals surface area contributed by atoms with Crippen LogP contribution in [0.15, 0.2) is 47.6 Å². The molecule has 3 rings (SSSR count). The molecule has 0 aliphatic carbocycles. The molecule has 0 N–H and O–H groups in total. The summed E-state index contributed by atoms with van der Waals surface area (Å²) in [7, 11) is 0. The van der Waals surface area contributed by atoms with Crippen molar-refractivity contribution in [3.63, 3.8) is 0 Å². The number of rotatable bonds is 3. The molecule has 0 saturated carbocycles. The molecule has 1 aliphatic rings. The van der Waals surface area contributed by atoms with Crippen molar-refractivity contribution in [2.24, 2.45) is 5.16 Å². The SMILES string of the molecule is O=C(ON=Cc1ccc2c(c1)OCO2)c1ccc(Cl)cc1. The maximum atomic E-state index is 11.7. The van der Waals surface area contributed by atoms with Crippen molar-refractivity contribution in [3.8, 4) is 11.5 Å². The van der Waals surface area contributed by atoms with Gasteiger partial charge in [0.25, 0.3) is 0 Å². The van der Waals surface area contributed by atoms with Gasteiger partial charge in [0.05, 0.1) is 11.8 Å². The highest BCUT2D eigenvalue weighted by molar-refractivity contribution is 6.30. The summed E-state index contributed by atoms with van der Waals surface area (Å²) in [5.41, 5.74) is 1.12. The average Bonchev–Trinajstić information content (AvgIpc) is 2.95. The van der Waals surface area contributed by atoms with Crippen molar-refractivity contribution in [1.82, 2.24) is 0 Å². The number of hydrogen-bond donors (Lipinski definition) is 0. The second kappa shape index (κ2) is 5.85. The summed E-state index contributed by atoms with van der Waals surface area (Å²) < 4.78 is 10.4. The predicted octanol–water partition coefficient (Wildman–Crippen LogP) is 3.26. The first-order chi connectivity index (χ1) is 10.2. The molecular weight excluding hydrogens is 294 g/mol. The van der Waals surface area contributed by atoms with Gasteiger partial charge in [-0.2, -0.15) is 0 Å². The largest absolute Gasteiger partial charge is 0.454 e. The number of benzene rings is 2. The smallest absolute Gasteiger partial charge is 0.365 e. The molecular formula is C15H10ClNO4. The lowest BCUT2D eigenvalue weighted by Crippen LogP contribution is -2.00. The molecule has 0 amide bonds. The second-order valence-corrected chi connectivity index (χ2v) is 4.67. The van der Waals surface area contributed by atoms with Gasteiger partial charge < -0.3 is 14.3 Å². The number of ether oxygens (including phenoxy) is 2. The molecule has 0 atom stereocenters. The van der Waals surface area contributed by atoms with Crippen LogP contribution >= 0.6 is 11.6 Å². The van der Waals surface area contributed by atoms with Crippen LogP contribution in [0.2, 0.25) is 5.02 Å². The standard InChI is InChI=1S/C15H10ClNO4/c16-12-4-2-11(3-5-12)15(18)21-17-8-10-1-6-13-14(7-10)20-9-19-13/h1-8H,9H2. The zero-order valence-corrected chi connectivity index (χ0v) is 11.5. The Hall–Kier alpha value is -2.53. The van der Waals surface area contributed by atoms with E-state index in [0.717, 1.165) is 5.56 Å². The minimum absolute atomic E-state index is 0.210. The van der Waals surface area contributed by atoms with Gasteiger partial charge in [0.1, 0.15) is 0 Å². The van der Waals surface area contributed by atoms with Crippen LogP contribution < -0.4 is 9.47 Å². The van der Waals surface area contributed by atoms with Gasteiger partial charge >= 0.3 is 5.97 Å². The number of hydrogen-bond acceptors (Lipinski definition) is 5. The minimum atomic E-state index is -0.552. The summed E-state index contributed by atoms with van der Waals surface area (Å²) >= 11 is 5.74. The topological polar surface area (TPSA) is 57.1 Å². The number of fused-ring (bicyclic) bond motifs is 1. The van der Waals surface area contributed by atoms with E-state index in [1.165, 1.54) is 6.21 Å². The molecule has 0 saturated heterocycles. The van der Waals surface area contributed by atoms with Gasteiger partial charge in [-0.05, 0) is 42.5 Å². The summed E-state index contributed by atoms with van der Waals surface area (Å²) in [4.78, 5) is 16.5. The van der Waals surface area contributed by atoms with Gasteiger partial charge in [-0.25, -0.2) is 4.79 Å². The van der Waals surface area contributed by atoms with Crippen LogP contribution in [-0.2, 0) is 4.84 Å². The fourth-order valence-corrected chi connectivity index (χ4v) is 1.89. The summed E-state index contributed by atoms with van der Waals surface area (Å²) in [6.07, 6.45) is 1.43. The van der Waals surface area contributed by atoms with E-state index in [4.69, 9.17) is 25.9 Å². The maximum Gasteiger partial charge on any atom is 0.365 e. The number of halogens is 1. The molecule has 1 aliphatic heterocycles. The third-order valence-corrected chi connectivity index (χ3v) is 3.07. The van der Waals surface area contributed by atoms with Gasteiger partial charge in [-0.1, -0.05) is 16.8 Å². The van der Waals surface area contributed by atoms with Crippen LogP contribution in [0.1, 0.15) is 15.9 Å². The summed E-state index contributed by atoms with van der Waals surface area (Å²) in [5, 5.41) is 4.21. The Kier molecular flexibility index (Phi) is 3.75. The van der Waals surface area contributed by atoms with E-state index in [-0.39, 0.29) is 6.79 Å². The maximum absolute atomic E-state index is 11.7. The molecule has 2 aromatic rings. The lowest BCUT2D eigenvalue weighted by atomic mass is 10.2. The first kappa shape index (κ1) is 13.5. The third kappa shape index (κ3) is 3.14. The van der Waals surface area contributed by atoms with Gasteiger partial charge in [0.2, 0.25) is 6.79 Å². The number of carbonyl (C=O) groups excluding carboxylic acids is 1. The van der Waals surface area contributed by atoms with Crippen LogP contribution in [0.5, 0.6) is 11.5 Å². The molecule has 5 nitrogen and oxygen atoms in total. The average molecular weight is 304 g/mol. The van der Waals surface area contributed by atoms with Crippen molar-refractivity contribution in [2.75, 3.05) is 6.79 Å². The van der Waals surface area contributed by atoms with E-state index in [1.807, 2.05) is 0 Å². The molecule has 106 valence electrons. The van der Waals surface area contributed by atoms with Crippen LogP contribution in [0.25, 0.3) is 0 Å². The molecule has 0 bridgehead atoms. The Morgan fingerprint density at radius 3 is 2.71 bits per heavy atom.